The van der Waals surface area contributed by atoms with Crippen molar-refractivity contribution in [3.05, 3.63) is 42.0 Å². The molecule has 0 fully saturated rings. The molecular weight excluding hydrogens is 308 g/mol. The van der Waals surface area contributed by atoms with Gasteiger partial charge in [-0.15, -0.1) is 0 Å². The van der Waals surface area contributed by atoms with E-state index in [4.69, 9.17) is 9.47 Å². The van der Waals surface area contributed by atoms with E-state index in [1.54, 1.807) is 14.2 Å². The van der Waals surface area contributed by atoms with Crippen molar-refractivity contribution in [3.63, 3.8) is 0 Å². The number of rotatable bonds is 8. The van der Waals surface area contributed by atoms with Crippen LogP contribution >= 0.6 is 0 Å². The van der Waals surface area contributed by atoms with Crippen molar-refractivity contribution >= 4 is 22.6 Å². The first kappa shape index (κ1) is 17.7. The number of amides is 1. The van der Waals surface area contributed by atoms with Gasteiger partial charge < -0.3 is 20.1 Å². The number of fused-ring (bicyclic) bond motifs is 1. The molecule has 128 valence electrons. The van der Waals surface area contributed by atoms with Gasteiger partial charge in [0.25, 0.3) is 0 Å². The molecule has 0 aliphatic rings. The highest BCUT2D eigenvalue weighted by molar-refractivity contribution is 5.85. The smallest absolute Gasteiger partial charge is 0.310 e. The summed E-state index contributed by atoms with van der Waals surface area (Å²) in [4.78, 5) is 23.1. The SMILES string of the molecule is CNCC(=O)NCCOC(=O)Cc1ccc2cc(OC)ccc2c1. The number of hydrogen-bond acceptors (Lipinski definition) is 5. The van der Waals surface area contributed by atoms with Crippen molar-refractivity contribution in [1.29, 1.82) is 0 Å². The molecule has 2 N–H and O–H groups in total. The number of carbonyl (C=O) groups excluding carboxylic acids is 2. The summed E-state index contributed by atoms with van der Waals surface area (Å²) in [5, 5.41) is 7.49. The first-order valence-electron chi connectivity index (χ1n) is 7.76. The van der Waals surface area contributed by atoms with Gasteiger partial charge in [-0.25, -0.2) is 0 Å². The van der Waals surface area contributed by atoms with Crippen LogP contribution in [0.25, 0.3) is 10.8 Å². The maximum atomic E-state index is 11.9. The Balaban J connectivity index is 1.83. The molecule has 0 radical (unpaired) electrons. The Hall–Kier alpha value is -2.60. The second-order valence-electron chi connectivity index (χ2n) is 5.32. The van der Waals surface area contributed by atoms with E-state index in [9.17, 15) is 9.59 Å². The molecule has 0 aromatic heterocycles. The van der Waals surface area contributed by atoms with E-state index in [0.717, 1.165) is 22.1 Å². The van der Waals surface area contributed by atoms with Gasteiger partial charge >= 0.3 is 5.97 Å². The second-order valence-corrected chi connectivity index (χ2v) is 5.32. The van der Waals surface area contributed by atoms with Crippen LogP contribution in [0.5, 0.6) is 5.75 Å². The molecule has 0 heterocycles. The van der Waals surface area contributed by atoms with Crippen LogP contribution in [0.2, 0.25) is 0 Å². The normalized spacial score (nSPS) is 10.4. The maximum Gasteiger partial charge on any atom is 0.310 e. The number of carbonyl (C=O) groups is 2. The minimum Gasteiger partial charge on any atom is -0.497 e. The third-order valence-corrected chi connectivity index (χ3v) is 3.48. The highest BCUT2D eigenvalue weighted by atomic mass is 16.5. The number of benzene rings is 2. The standard InChI is InChI=1S/C18H22N2O4/c1-19-12-17(21)20-7-8-24-18(22)10-13-3-4-15-11-16(23-2)6-5-14(15)9-13/h3-6,9,11,19H,7-8,10,12H2,1-2H3,(H,20,21). The summed E-state index contributed by atoms with van der Waals surface area (Å²) < 4.78 is 10.3. The molecule has 0 unspecified atom stereocenters. The minimum atomic E-state index is -0.314. The summed E-state index contributed by atoms with van der Waals surface area (Å²) in [6.45, 7) is 0.721. The maximum absolute atomic E-state index is 11.9. The lowest BCUT2D eigenvalue weighted by Crippen LogP contribution is -2.34. The van der Waals surface area contributed by atoms with Gasteiger partial charge in [-0.05, 0) is 35.5 Å². The molecule has 0 saturated heterocycles. The summed E-state index contributed by atoms with van der Waals surface area (Å²) in [6, 6.07) is 11.6. The van der Waals surface area contributed by atoms with Gasteiger partial charge in [0.1, 0.15) is 12.4 Å². The van der Waals surface area contributed by atoms with E-state index < -0.39 is 0 Å². The van der Waals surface area contributed by atoms with E-state index in [-0.39, 0.29) is 31.4 Å². The lowest BCUT2D eigenvalue weighted by molar-refractivity contribution is -0.143. The molecule has 0 bridgehead atoms. The van der Waals surface area contributed by atoms with Gasteiger partial charge in [0.15, 0.2) is 0 Å². The third kappa shape index (κ3) is 5.24. The summed E-state index contributed by atoms with van der Waals surface area (Å²) in [5.41, 5.74) is 0.886. The van der Waals surface area contributed by atoms with Crippen molar-refractivity contribution in [2.45, 2.75) is 6.42 Å². The molecule has 1 amide bonds. The quantitative estimate of drug-likeness (QED) is 0.563. The molecular formula is C18H22N2O4. The minimum absolute atomic E-state index is 0.126. The molecule has 24 heavy (non-hydrogen) atoms. The Morgan fingerprint density at radius 3 is 2.58 bits per heavy atom. The molecule has 0 aliphatic carbocycles. The van der Waals surface area contributed by atoms with Crippen molar-refractivity contribution < 1.29 is 19.1 Å². The first-order valence-corrected chi connectivity index (χ1v) is 7.76. The van der Waals surface area contributed by atoms with Gasteiger partial charge in [-0.3, -0.25) is 9.59 Å². The third-order valence-electron chi connectivity index (χ3n) is 3.48. The fourth-order valence-electron chi connectivity index (χ4n) is 2.31. The molecule has 0 saturated carbocycles. The predicted molar refractivity (Wildman–Crippen MR) is 92.1 cm³/mol. The number of hydrogen-bond donors (Lipinski definition) is 2. The van der Waals surface area contributed by atoms with Gasteiger partial charge in [0.05, 0.1) is 26.6 Å². The number of methoxy groups -OCH3 is 1. The summed E-state index contributed by atoms with van der Waals surface area (Å²) in [7, 11) is 3.33. The number of nitrogens with one attached hydrogen (secondary N) is 2. The van der Waals surface area contributed by atoms with E-state index in [2.05, 4.69) is 10.6 Å². The van der Waals surface area contributed by atoms with Crippen LogP contribution in [0.1, 0.15) is 5.56 Å². The molecule has 2 aromatic rings. The lowest BCUT2D eigenvalue weighted by atomic mass is 10.0. The monoisotopic (exact) mass is 330 g/mol. The van der Waals surface area contributed by atoms with Crippen molar-refractivity contribution in [2.24, 2.45) is 0 Å². The van der Waals surface area contributed by atoms with E-state index in [1.807, 2.05) is 36.4 Å². The zero-order valence-electron chi connectivity index (χ0n) is 13.9. The van der Waals surface area contributed by atoms with E-state index >= 15 is 0 Å². The van der Waals surface area contributed by atoms with Gasteiger partial charge in [-0.2, -0.15) is 0 Å². The van der Waals surface area contributed by atoms with Crippen molar-refractivity contribution in [1.82, 2.24) is 10.6 Å². The molecule has 0 spiro atoms. The summed E-state index contributed by atoms with van der Waals surface area (Å²) >= 11 is 0. The van der Waals surface area contributed by atoms with Crippen molar-refractivity contribution in [3.8, 4) is 5.75 Å². The van der Waals surface area contributed by atoms with Gasteiger partial charge in [-0.1, -0.05) is 24.3 Å². The molecule has 2 aromatic carbocycles. The topological polar surface area (TPSA) is 76.7 Å². The lowest BCUT2D eigenvalue weighted by Gasteiger charge is -2.08. The van der Waals surface area contributed by atoms with Crippen LogP contribution < -0.4 is 15.4 Å². The van der Waals surface area contributed by atoms with Gasteiger partial charge in [0.2, 0.25) is 5.91 Å². The average molecular weight is 330 g/mol. The first-order chi connectivity index (χ1) is 11.6. The highest BCUT2D eigenvalue weighted by Crippen LogP contribution is 2.22. The number of ether oxygens (including phenoxy) is 2. The summed E-state index contributed by atoms with van der Waals surface area (Å²) in [6.07, 6.45) is 0.201. The summed E-state index contributed by atoms with van der Waals surface area (Å²) in [5.74, 6) is 0.360. The highest BCUT2D eigenvalue weighted by Gasteiger charge is 2.07. The Kier molecular flexibility index (Phi) is 6.57. The van der Waals surface area contributed by atoms with E-state index in [0.29, 0.717) is 6.54 Å². The number of esters is 1. The van der Waals surface area contributed by atoms with E-state index in [1.165, 1.54) is 0 Å². The van der Waals surface area contributed by atoms with Gasteiger partial charge in [0, 0.05) is 0 Å². The Morgan fingerprint density at radius 1 is 1.08 bits per heavy atom. The fraction of sp³-hybridized carbons (Fsp3) is 0.333. The second kappa shape index (κ2) is 8.88. The van der Waals surface area contributed by atoms with Crippen LogP contribution in [0.15, 0.2) is 36.4 Å². The van der Waals surface area contributed by atoms with Crippen LogP contribution in [-0.2, 0) is 20.7 Å². The zero-order valence-corrected chi connectivity index (χ0v) is 13.9. The number of likely N-dealkylation sites (N-methyl/N-ethyl adjacent to an activating group) is 1. The molecule has 2 rings (SSSR count). The molecule has 6 heteroatoms. The zero-order chi connectivity index (χ0) is 17.4. The largest absolute Gasteiger partial charge is 0.497 e. The Bertz CT molecular complexity index is 715. The fourth-order valence-corrected chi connectivity index (χ4v) is 2.31. The van der Waals surface area contributed by atoms with Crippen LogP contribution in [0.3, 0.4) is 0 Å². The van der Waals surface area contributed by atoms with Crippen LogP contribution in [0.4, 0.5) is 0 Å². The molecule has 6 nitrogen and oxygen atoms in total. The Morgan fingerprint density at radius 2 is 1.83 bits per heavy atom. The Labute approximate surface area is 141 Å². The molecule has 0 atom stereocenters. The molecule has 0 aliphatic heterocycles. The average Bonchev–Trinajstić information content (AvgIpc) is 2.58. The predicted octanol–water partition coefficient (Wildman–Crippen LogP) is 1.27. The van der Waals surface area contributed by atoms with Crippen LogP contribution in [-0.4, -0.2) is 45.7 Å². The van der Waals surface area contributed by atoms with Crippen molar-refractivity contribution in [2.75, 3.05) is 33.9 Å². The van der Waals surface area contributed by atoms with Crippen LogP contribution in [0, 0.1) is 0 Å².